The predicted molar refractivity (Wildman–Crippen MR) is 97.9 cm³/mol. The average molecular weight is 317 g/mol. The van der Waals surface area contributed by atoms with Crippen molar-refractivity contribution in [2.24, 2.45) is 12.0 Å². The second-order valence-corrected chi connectivity index (χ2v) is 6.19. The molecule has 1 aliphatic heterocycles. The molecule has 4 nitrogen and oxygen atoms in total. The summed E-state index contributed by atoms with van der Waals surface area (Å²) in [5.41, 5.74) is 3.24. The summed E-state index contributed by atoms with van der Waals surface area (Å²) in [4.78, 5) is 19.3. The van der Waals surface area contributed by atoms with Gasteiger partial charge in [-0.3, -0.25) is 14.7 Å². The number of amides is 1. The summed E-state index contributed by atoms with van der Waals surface area (Å²) in [6, 6.07) is 17.8. The molecule has 0 saturated heterocycles. The van der Waals surface area contributed by atoms with Crippen LogP contribution in [0.25, 0.3) is 10.9 Å². The Hall–Kier alpha value is -2.88. The first-order valence-corrected chi connectivity index (χ1v) is 8.09. The molecule has 1 aromatic heterocycles. The topological polar surface area (TPSA) is 37.6 Å². The lowest BCUT2D eigenvalue weighted by atomic mass is 10.1. The minimum Gasteiger partial charge on any atom is -0.330 e. The number of fused-ring (bicyclic) bond motifs is 3. The van der Waals surface area contributed by atoms with Crippen LogP contribution in [0.4, 0.5) is 5.82 Å². The molecule has 3 aromatic rings. The van der Waals surface area contributed by atoms with E-state index in [0.29, 0.717) is 6.42 Å². The Morgan fingerprint density at radius 3 is 2.50 bits per heavy atom. The monoisotopic (exact) mass is 317 g/mol. The van der Waals surface area contributed by atoms with Crippen molar-refractivity contribution in [2.75, 3.05) is 11.9 Å². The number of nitrogens with zero attached hydrogens (tertiary/aromatic N) is 3. The Morgan fingerprint density at radius 1 is 1.00 bits per heavy atom. The van der Waals surface area contributed by atoms with Gasteiger partial charge in [0.2, 0.25) is 0 Å². The van der Waals surface area contributed by atoms with Crippen LogP contribution in [0.5, 0.6) is 0 Å². The molecule has 0 fully saturated rings. The van der Waals surface area contributed by atoms with E-state index in [0.717, 1.165) is 27.8 Å². The molecule has 1 aliphatic rings. The number of aromatic nitrogens is 1. The normalized spacial score (nSPS) is 17.2. The van der Waals surface area contributed by atoms with Gasteiger partial charge in [-0.15, -0.1) is 0 Å². The second-order valence-electron chi connectivity index (χ2n) is 6.19. The van der Waals surface area contributed by atoms with E-state index >= 15 is 0 Å². The summed E-state index contributed by atoms with van der Waals surface area (Å²) < 4.78 is 2.07. The molecule has 24 heavy (non-hydrogen) atoms. The number of aliphatic imine (C=N–C) groups is 1. The third-order valence-electron chi connectivity index (χ3n) is 4.70. The highest BCUT2D eigenvalue weighted by Gasteiger charge is 2.29. The van der Waals surface area contributed by atoms with Crippen LogP contribution < -0.4 is 4.90 Å². The van der Waals surface area contributed by atoms with Crippen LogP contribution in [0.15, 0.2) is 59.6 Å². The summed E-state index contributed by atoms with van der Waals surface area (Å²) in [6.07, 6.45) is 2.49. The maximum Gasteiger partial charge on any atom is 0.252 e. The van der Waals surface area contributed by atoms with Crippen molar-refractivity contribution in [3.05, 3.63) is 65.7 Å². The summed E-state index contributed by atoms with van der Waals surface area (Å²) >= 11 is 0. The molecule has 0 radical (unpaired) electrons. The first kappa shape index (κ1) is 14.7. The van der Waals surface area contributed by atoms with Gasteiger partial charge in [-0.25, -0.2) is 0 Å². The second kappa shape index (κ2) is 5.64. The number of rotatable bonds is 2. The van der Waals surface area contributed by atoms with Gasteiger partial charge in [0.15, 0.2) is 0 Å². The summed E-state index contributed by atoms with van der Waals surface area (Å²) in [7, 11) is 3.84. The van der Waals surface area contributed by atoms with Gasteiger partial charge in [0, 0.05) is 37.7 Å². The molecule has 1 amide bonds. The molecule has 0 spiro atoms. The third-order valence-corrected chi connectivity index (χ3v) is 4.70. The zero-order chi connectivity index (χ0) is 16.7. The number of likely N-dealkylation sites (N-methyl/N-ethyl adjacent to an activating group) is 1. The number of hydrogen-bond acceptors (Lipinski definition) is 2. The van der Waals surface area contributed by atoms with Crippen molar-refractivity contribution >= 4 is 28.8 Å². The van der Waals surface area contributed by atoms with Crippen molar-refractivity contribution in [1.29, 1.82) is 0 Å². The lowest BCUT2D eigenvalue weighted by molar-refractivity contribution is -0.119. The first-order valence-electron chi connectivity index (χ1n) is 8.09. The summed E-state index contributed by atoms with van der Waals surface area (Å²) in [5, 5.41) is 1.12. The Bertz CT molecular complexity index is 940. The molecule has 120 valence electrons. The maximum absolute atomic E-state index is 12.9. The van der Waals surface area contributed by atoms with Gasteiger partial charge in [0.25, 0.3) is 5.91 Å². The number of para-hydroxylation sites is 1. The molecule has 1 unspecified atom stereocenters. The Labute approximate surface area is 141 Å². The average Bonchev–Trinajstić information content (AvgIpc) is 2.84. The number of benzene rings is 2. The van der Waals surface area contributed by atoms with E-state index in [2.05, 4.69) is 21.7 Å². The van der Waals surface area contributed by atoms with Gasteiger partial charge in [-0.1, -0.05) is 48.5 Å². The standard InChI is InChI=1S/C20H19N3O/c1-22-18-11-7-6-10-15(18)16-13-21-17(20(24)23(2)19(16)22)12-14-8-4-3-5-9-14/h3-11,13,17H,12H2,1-2H3. The minimum atomic E-state index is -0.386. The minimum absolute atomic E-state index is 0.0276. The van der Waals surface area contributed by atoms with E-state index in [1.54, 1.807) is 4.90 Å². The van der Waals surface area contributed by atoms with Gasteiger partial charge in [0.05, 0.1) is 5.52 Å². The van der Waals surface area contributed by atoms with Gasteiger partial charge in [0.1, 0.15) is 11.9 Å². The lowest BCUT2D eigenvalue weighted by Gasteiger charge is -2.21. The summed E-state index contributed by atoms with van der Waals surface area (Å²) in [5.74, 6) is 0.931. The Balaban J connectivity index is 1.79. The van der Waals surface area contributed by atoms with Crippen LogP contribution in [0.3, 0.4) is 0 Å². The number of aryl methyl sites for hydroxylation is 1. The molecule has 0 bridgehead atoms. The van der Waals surface area contributed by atoms with E-state index in [1.165, 1.54) is 0 Å². The van der Waals surface area contributed by atoms with Crippen molar-refractivity contribution in [2.45, 2.75) is 12.5 Å². The van der Waals surface area contributed by atoms with E-state index < -0.39 is 0 Å². The Morgan fingerprint density at radius 2 is 1.71 bits per heavy atom. The van der Waals surface area contributed by atoms with Gasteiger partial charge in [-0.2, -0.15) is 0 Å². The van der Waals surface area contributed by atoms with Crippen LogP contribution in [0.2, 0.25) is 0 Å². The van der Waals surface area contributed by atoms with Crippen molar-refractivity contribution in [3.63, 3.8) is 0 Å². The zero-order valence-electron chi connectivity index (χ0n) is 13.8. The molecule has 2 aromatic carbocycles. The Kier molecular flexibility index (Phi) is 3.45. The third kappa shape index (κ3) is 2.22. The number of carbonyl (C=O) groups is 1. The molecule has 0 N–H and O–H groups in total. The smallest absolute Gasteiger partial charge is 0.252 e. The van der Waals surface area contributed by atoms with Gasteiger partial charge < -0.3 is 4.57 Å². The first-order chi connectivity index (χ1) is 11.7. The molecule has 0 saturated carbocycles. The van der Waals surface area contributed by atoms with E-state index in [9.17, 15) is 4.79 Å². The van der Waals surface area contributed by atoms with Crippen molar-refractivity contribution < 1.29 is 4.79 Å². The molecule has 4 heteroatoms. The zero-order valence-corrected chi connectivity index (χ0v) is 13.8. The molecule has 4 rings (SSSR count). The number of anilines is 1. The highest BCUT2D eigenvalue weighted by Crippen LogP contribution is 2.32. The van der Waals surface area contributed by atoms with Crippen LogP contribution in [-0.2, 0) is 18.3 Å². The SMILES string of the molecule is CN1C(=O)C(Cc2ccccc2)N=Cc2c1n(C)c1ccccc21. The van der Waals surface area contributed by atoms with Crippen molar-refractivity contribution in [1.82, 2.24) is 4.57 Å². The van der Waals surface area contributed by atoms with Crippen LogP contribution in [0.1, 0.15) is 11.1 Å². The van der Waals surface area contributed by atoms with E-state index in [1.807, 2.05) is 62.8 Å². The van der Waals surface area contributed by atoms with Crippen LogP contribution in [-0.4, -0.2) is 29.8 Å². The van der Waals surface area contributed by atoms with Crippen molar-refractivity contribution in [3.8, 4) is 0 Å². The molecule has 2 heterocycles. The summed E-state index contributed by atoms with van der Waals surface area (Å²) in [6.45, 7) is 0. The highest BCUT2D eigenvalue weighted by molar-refractivity contribution is 6.12. The fraction of sp³-hybridized carbons (Fsp3) is 0.200. The van der Waals surface area contributed by atoms with Gasteiger partial charge >= 0.3 is 0 Å². The quantitative estimate of drug-likeness (QED) is 0.715. The van der Waals surface area contributed by atoms with E-state index in [4.69, 9.17) is 0 Å². The number of carbonyl (C=O) groups excluding carboxylic acids is 1. The molecule has 0 aliphatic carbocycles. The lowest BCUT2D eigenvalue weighted by Crippen LogP contribution is -2.36. The van der Waals surface area contributed by atoms with Gasteiger partial charge in [-0.05, 0) is 11.6 Å². The molecule has 1 atom stereocenters. The largest absolute Gasteiger partial charge is 0.330 e. The van der Waals surface area contributed by atoms with Crippen LogP contribution in [0, 0.1) is 0 Å². The van der Waals surface area contributed by atoms with Crippen LogP contribution >= 0.6 is 0 Å². The fourth-order valence-electron chi connectivity index (χ4n) is 3.48. The molecular formula is C20H19N3O. The highest BCUT2D eigenvalue weighted by atomic mass is 16.2. The maximum atomic E-state index is 12.9. The fourth-order valence-corrected chi connectivity index (χ4v) is 3.48. The predicted octanol–water partition coefficient (Wildman–Crippen LogP) is 3.18. The molecular weight excluding hydrogens is 298 g/mol. The number of hydrogen-bond donors (Lipinski definition) is 0. The van der Waals surface area contributed by atoms with E-state index in [-0.39, 0.29) is 11.9 Å².